The third kappa shape index (κ3) is 1.47. The van der Waals surface area contributed by atoms with Crippen molar-refractivity contribution in [1.29, 1.82) is 0 Å². The van der Waals surface area contributed by atoms with E-state index >= 15 is 0 Å². The van der Waals surface area contributed by atoms with Crippen molar-refractivity contribution in [1.82, 2.24) is 29.8 Å². The van der Waals surface area contributed by atoms with Gasteiger partial charge in [0.1, 0.15) is 0 Å². The van der Waals surface area contributed by atoms with Crippen LogP contribution in [0.25, 0.3) is 17.0 Å². The largest absolute Gasteiger partial charge is 0.330 e. The van der Waals surface area contributed by atoms with Gasteiger partial charge in [0.15, 0.2) is 4.77 Å². The van der Waals surface area contributed by atoms with Crippen molar-refractivity contribution in [2.45, 2.75) is 0 Å². The summed E-state index contributed by atoms with van der Waals surface area (Å²) in [5.74, 6) is 0.523. The van der Waals surface area contributed by atoms with Gasteiger partial charge >= 0.3 is 0 Å². The molecule has 0 aliphatic carbocycles. The van der Waals surface area contributed by atoms with E-state index in [-0.39, 0.29) is 0 Å². The van der Waals surface area contributed by atoms with Crippen LogP contribution in [0.3, 0.4) is 0 Å². The Morgan fingerprint density at radius 1 is 1.41 bits per heavy atom. The van der Waals surface area contributed by atoms with Gasteiger partial charge in [0.2, 0.25) is 0 Å². The highest BCUT2D eigenvalue weighted by Gasteiger charge is 2.13. The van der Waals surface area contributed by atoms with Gasteiger partial charge in [-0.3, -0.25) is 4.57 Å². The number of fused-ring (bicyclic) bond motifs is 1. The van der Waals surface area contributed by atoms with Crippen LogP contribution in [0, 0.1) is 4.77 Å². The molecule has 3 rings (SSSR count). The number of aryl methyl sites for hydroxylation is 1. The molecule has 0 amide bonds. The lowest BCUT2D eigenvalue weighted by Crippen LogP contribution is -2.04. The molecule has 0 fully saturated rings. The third-order valence-corrected chi connectivity index (χ3v) is 3.04. The summed E-state index contributed by atoms with van der Waals surface area (Å²) in [5, 5.41) is 11.9. The van der Waals surface area contributed by atoms with Crippen LogP contribution in [0.15, 0.2) is 18.2 Å². The van der Waals surface area contributed by atoms with Gasteiger partial charge < -0.3 is 4.98 Å². The normalized spacial score (nSPS) is 11.2. The Labute approximate surface area is 106 Å². The minimum atomic E-state index is 0.506. The quantitative estimate of drug-likeness (QED) is 0.683. The van der Waals surface area contributed by atoms with E-state index in [9.17, 15) is 0 Å². The number of tetrazole rings is 1. The zero-order valence-electron chi connectivity index (χ0n) is 8.75. The number of imidazole rings is 1. The number of nitrogens with zero attached hydrogens (tertiary/aromatic N) is 5. The first kappa shape index (κ1) is 10.4. The van der Waals surface area contributed by atoms with Crippen LogP contribution >= 0.6 is 23.8 Å². The van der Waals surface area contributed by atoms with Crippen molar-refractivity contribution in [3.05, 3.63) is 28.0 Å². The van der Waals surface area contributed by atoms with Gasteiger partial charge in [-0.1, -0.05) is 22.8 Å². The van der Waals surface area contributed by atoms with E-state index in [0.717, 1.165) is 11.0 Å². The number of aromatic nitrogens is 6. The predicted molar refractivity (Wildman–Crippen MR) is 65.8 cm³/mol. The molecular weight excluding hydrogens is 260 g/mol. The average Bonchev–Trinajstić information content (AvgIpc) is 2.82. The number of hydrogen-bond donors (Lipinski definition) is 1. The number of benzene rings is 1. The average molecular weight is 267 g/mol. The topological polar surface area (TPSA) is 64.3 Å². The Balaban J connectivity index is 2.48. The highest BCUT2D eigenvalue weighted by molar-refractivity contribution is 7.71. The monoisotopic (exact) mass is 266 g/mol. The summed E-state index contributed by atoms with van der Waals surface area (Å²) in [6.45, 7) is 0. The molecule has 2 aromatic heterocycles. The van der Waals surface area contributed by atoms with Crippen molar-refractivity contribution in [3.8, 4) is 5.95 Å². The number of halogens is 1. The van der Waals surface area contributed by atoms with E-state index in [0.29, 0.717) is 15.7 Å². The number of nitrogens with one attached hydrogen (secondary N) is 1. The van der Waals surface area contributed by atoms with Gasteiger partial charge in [-0.05, 0) is 34.8 Å². The van der Waals surface area contributed by atoms with Gasteiger partial charge in [0.05, 0.1) is 16.1 Å². The molecule has 1 N–H and O–H groups in total. The van der Waals surface area contributed by atoms with E-state index in [1.165, 1.54) is 4.68 Å². The molecule has 0 aliphatic rings. The van der Waals surface area contributed by atoms with Gasteiger partial charge in [-0.2, -0.15) is 0 Å². The summed E-state index contributed by atoms with van der Waals surface area (Å²) in [6.07, 6.45) is 0. The van der Waals surface area contributed by atoms with E-state index in [4.69, 9.17) is 23.8 Å². The zero-order chi connectivity index (χ0) is 12.0. The first-order valence-electron chi connectivity index (χ1n) is 4.80. The van der Waals surface area contributed by atoms with E-state index < -0.39 is 0 Å². The number of para-hydroxylation sites is 1. The summed E-state index contributed by atoms with van der Waals surface area (Å²) in [5.41, 5.74) is 1.63. The maximum Gasteiger partial charge on any atom is 0.256 e. The van der Waals surface area contributed by atoms with Crippen LogP contribution in [0.1, 0.15) is 0 Å². The molecule has 0 atom stereocenters. The van der Waals surface area contributed by atoms with Crippen molar-refractivity contribution in [3.63, 3.8) is 0 Å². The van der Waals surface area contributed by atoms with Crippen LogP contribution in [0.2, 0.25) is 5.02 Å². The Morgan fingerprint density at radius 2 is 2.24 bits per heavy atom. The molecule has 8 heteroatoms. The lowest BCUT2D eigenvalue weighted by Gasteiger charge is -2.02. The van der Waals surface area contributed by atoms with E-state index in [1.807, 2.05) is 12.1 Å². The Morgan fingerprint density at radius 3 is 2.94 bits per heavy atom. The first-order valence-corrected chi connectivity index (χ1v) is 5.59. The Bertz CT molecular complexity index is 754. The molecule has 17 heavy (non-hydrogen) atoms. The van der Waals surface area contributed by atoms with Crippen LogP contribution in [-0.2, 0) is 7.05 Å². The zero-order valence-corrected chi connectivity index (χ0v) is 10.3. The van der Waals surface area contributed by atoms with Gasteiger partial charge in [0, 0.05) is 7.05 Å². The second-order valence-corrected chi connectivity index (χ2v) is 4.30. The molecule has 3 aromatic rings. The third-order valence-electron chi connectivity index (χ3n) is 2.45. The molecule has 0 radical (unpaired) electrons. The van der Waals surface area contributed by atoms with Crippen molar-refractivity contribution in [2.24, 2.45) is 7.05 Å². The Hall–Kier alpha value is -1.73. The van der Waals surface area contributed by atoms with Crippen LogP contribution < -0.4 is 0 Å². The molecular formula is C9H7ClN6S. The molecule has 0 unspecified atom stereocenters. The molecule has 0 spiro atoms. The van der Waals surface area contributed by atoms with Gasteiger partial charge in [0.25, 0.3) is 5.95 Å². The summed E-state index contributed by atoms with van der Waals surface area (Å²) < 4.78 is 3.75. The molecule has 0 saturated heterocycles. The number of rotatable bonds is 1. The molecule has 0 bridgehead atoms. The maximum absolute atomic E-state index is 6.18. The van der Waals surface area contributed by atoms with Crippen LogP contribution in [-0.4, -0.2) is 29.8 Å². The smallest absolute Gasteiger partial charge is 0.256 e. The summed E-state index contributed by atoms with van der Waals surface area (Å²) in [6, 6.07) is 5.55. The molecule has 1 aromatic carbocycles. The van der Waals surface area contributed by atoms with Gasteiger partial charge in [-0.25, -0.2) is 4.68 Å². The lowest BCUT2D eigenvalue weighted by molar-refractivity contribution is 0.693. The first-order chi connectivity index (χ1) is 8.18. The fourth-order valence-corrected chi connectivity index (χ4v) is 2.26. The highest BCUT2D eigenvalue weighted by Crippen LogP contribution is 2.25. The molecule has 0 saturated carbocycles. The molecule has 6 nitrogen and oxygen atoms in total. The number of hydrogen-bond acceptors (Lipinski definition) is 4. The van der Waals surface area contributed by atoms with Crippen molar-refractivity contribution >= 4 is 34.9 Å². The van der Waals surface area contributed by atoms with E-state index in [1.54, 1.807) is 17.7 Å². The number of H-pyrrole nitrogens is 1. The summed E-state index contributed by atoms with van der Waals surface area (Å²) in [7, 11) is 1.74. The molecule has 86 valence electrons. The Kier molecular flexibility index (Phi) is 2.23. The van der Waals surface area contributed by atoms with Crippen LogP contribution in [0.5, 0.6) is 0 Å². The number of aromatic amines is 1. The summed E-state index contributed by atoms with van der Waals surface area (Å²) >= 11 is 11.4. The lowest BCUT2D eigenvalue weighted by atomic mass is 10.3. The molecule has 2 heterocycles. The highest BCUT2D eigenvalue weighted by atomic mass is 35.5. The summed E-state index contributed by atoms with van der Waals surface area (Å²) in [4.78, 5) is 3.07. The van der Waals surface area contributed by atoms with Crippen LogP contribution in [0.4, 0.5) is 0 Å². The van der Waals surface area contributed by atoms with Gasteiger partial charge in [-0.15, -0.1) is 0 Å². The minimum Gasteiger partial charge on any atom is -0.330 e. The van der Waals surface area contributed by atoms with Crippen molar-refractivity contribution in [2.75, 3.05) is 0 Å². The van der Waals surface area contributed by atoms with Crippen molar-refractivity contribution < 1.29 is 0 Å². The maximum atomic E-state index is 6.18. The standard InChI is InChI=1S/C9H7ClN6S/c1-15-8(12-13-14-15)16-7-5(10)3-2-4-6(7)11-9(16)17/h2-4H,1H3,(H,11,17). The fourth-order valence-electron chi connectivity index (χ4n) is 1.72. The second-order valence-electron chi connectivity index (χ2n) is 3.50. The van der Waals surface area contributed by atoms with E-state index in [2.05, 4.69) is 20.5 Å². The molecule has 0 aliphatic heterocycles. The minimum absolute atomic E-state index is 0.506. The predicted octanol–water partition coefficient (Wildman–Crippen LogP) is 1.86. The fraction of sp³-hybridized carbons (Fsp3) is 0.111. The SMILES string of the molecule is Cn1nnnc1-n1c(=S)[nH]c2cccc(Cl)c21. The second kappa shape index (κ2) is 3.64.